The molecule has 0 aliphatic heterocycles. The van der Waals surface area contributed by atoms with E-state index in [1.54, 1.807) is 18.2 Å². The molecule has 1 aromatic carbocycles. The summed E-state index contributed by atoms with van der Waals surface area (Å²) in [6, 6.07) is 4.99. The van der Waals surface area contributed by atoms with Crippen LogP contribution in [0, 0.1) is 0 Å². The molecule has 2 heterocycles. The first-order chi connectivity index (χ1) is 14.6. The summed E-state index contributed by atoms with van der Waals surface area (Å²) in [5.74, 6) is 0.966. The second-order valence-electron chi connectivity index (χ2n) is 7.18. The van der Waals surface area contributed by atoms with E-state index in [2.05, 4.69) is 32.4 Å². The van der Waals surface area contributed by atoms with Gasteiger partial charge in [0.15, 0.2) is 11.0 Å². The van der Waals surface area contributed by atoms with Gasteiger partial charge in [-0.2, -0.15) is 0 Å². The normalized spacial score (nSPS) is 13.3. The lowest BCUT2D eigenvalue weighted by atomic mass is 9.95. The fourth-order valence-corrected chi connectivity index (χ4v) is 5.84. The van der Waals surface area contributed by atoms with Gasteiger partial charge in [-0.05, 0) is 55.9 Å². The molecule has 2 aromatic heterocycles. The Labute approximate surface area is 194 Å². The van der Waals surface area contributed by atoms with Gasteiger partial charge < -0.3 is 9.88 Å². The average Bonchev–Trinajstić information content (AvgIpc) is 3.33. The van der Waals surface area contributed by atoms with E-state index in [1.165, 1.54) is 40.6 Å². The summed E-state index contributed by atoms with van der Waals surface area (Å²) in [7, 11) is 0. The lowest BCUT2D eigenvalue weighted by Crippen LogP contribution is -2.15. The van der Waals surface area contributed by atoms with Gasteiger partial charge in [0.2, 0.25) is 5.91 Å². The maximum absolute atomic E-state index is 12.5. The van der Waals surface area contributed by atoms with Crippen LogP contribution in [0.2, 0.25) is 10.0 Å². The van der Waals surface area contributed by atoms with Crippen molar-refractivity contribution in [2.45, 2.75) is 50.7 Å². The van der Waals surface area contributed by atoms with Crippen molar-refractivity contribution in [2.24, 2.45) is 0 Å². The molecule has 30 heavy (non-hydrogen) atoms. The summed E-state index contributed by atoms with van der Waals surface area (Å²) in [5, 5.41) is 15.7. The standard InChI is InChI=1S/C21H22Cl2N4OS2/c1-2-9-27-20(15-11-29-18-6-4-3-5-14(15)18)25-26-21(27)30-12-19(28)24-17-10-13(22)7-8-16(17)23/h7-8,10-11H,2-6,9,12H2,1H3,(H,24,28). The van der Waals surface area contributed by atoms with E-state index in [9.17, 15) is 4.79 Å². The predicted molar refractivity (Wildman–Crippen MR) is 126 cm³/mol. The number of hydrogen-bond donors (Lipinski definition) is 1. The number of aromatic nitrogens is 3. The van der Waals surface area contributed by atoms with Gasteiger partial charge in [0, 0.05) is 27.4 Å². The van der Waals surface area contributed by atoms with E-state index in [-0.39, 0.29) is 11.7 Å². The van der Waals surface area contributed by atoms with Crippen molar-refractivity contribution in [3.05, 3.63) is 44.1 Å². The van der Waals surface area contributed by atoms with Crippen LogP contribution in [-0.2, 0) is 24.2 Å². The van der Waals surface area contributed by atoms with Gasteiger partial charge >= 0.3 is 0 Å². The molecular weight excluding hydrogens is 459 g/mol. The molecule has 1 aliphatic carbocycles. The van der Waals surface area contributed by atoms with Crippen molar-refractivity contribution in [1.82, 2.24) is 14.8 Å². The first-order valence-electron chi connectivity index (χ1n) is 9.97. The number of aryl methyl sites for hydroxylation is 1. The summed E-state index contributed by atoms with van der Waals surface area (Å²) >= 11 is 15.3. The van der Waals surface area contributed by atoms with Crippen molar-refractivity contribution in [3.63, 3.8) is 0 Å². The van der Waals surface area contributed by atoms with Crippen LogP contribution in [0.15, 0.2) is 28.7 Å². The molecule has 9 heteroatoms. The molecule has 5 nitrogen and oxygen atoms in total. The number of benzene rings is 1. The number of nitrogens with zero attached hydrogens (tertiary/aromatic N) is 3. The van der Waals surface area contributed by atoms with Crippen LogP contribution in [0.25, 0.3) is 11.4 Å². The van der Waals surface area contributed by atoms with E-state index in [0.29, 0.717) is 15.7 Å². The molecule has 1 N–H and O–H groups in total. The Balaban J connectivity index is 1.50. The third kappa shape index (κ3) is 4.69. The lowest BCUT2D eigenvalue weighted by Gasteiger charge is -2.13. The van der Waals surface area contributed by atoms with Crippen LogP contribution >= 0.6 is 46.3 Å². The van der Waals surface area contributed by atoms with Gasteiger partial charge in [0.25, 0.3) is 0 Å². The minimum Gasteiger partial charge on any atom is -0.324 e. The number of carbonyl (C=O) groups excluding carboxylic acids is 1. The number of nitrogens with one attached hydrogen (secondary N) is 1. The van der Waals surface area contributed by atoms with Gasteiger partial charge in [-0.1, -0.05) is 41.9 Å². The molecule has 4 rings (SSSR count). The minimum absolute atomic E-state index is 0.162. The van der Waals surface area contributed by atoms with E-state index < -0.39 is 0 Å². The number of fused-ring (bicyclic) bond motifs is 1. The van der Waals surface area contributed by atoms with Gasteiger partial charge in [-0.25, -0.2) is 0 Å². The highest BCUT2D eigenvalue weighted by Crippen LogP contribution is 2.37. The second-order valence-corrected chi connectivity index (χ2v) is 9.93. The van der Waals surface area contributed by atoms with Crippen LogP contribution in [-0.4, -0.2) is 26.4 Å². The summed E-state index contributed by atoms with van der Waals surface area (Å²) in [6.07, 6.45) is 5.73. The monoisotopic (exact) mass is 480 g/mol. The highest BCUT2D eigenvalue weighted by molar-refractivity contribution is 7.99. The molecule has 1 amide bonds. The Hall–Kier alpha value is -1.54. The number of amides is 1. The number of halogens is 2. The number of hydrogen-bond acceptors (Lipinski definition) is 5. The minimum atomic E-state index is -0.162. The van der Waals surface area contributed by atoms with Crippen molar-refractivity contribution in [3.8, 4) is 11.4 Å². The number of thiophene rings is 1. The molecule has 0 unspecified atom stereocenters. The Morgan fingerprint density at radius 3 is 2.93 bits per heavy atom. The van der Waals surface area contributed by atoms with Gasteiger partial charge in [-0.15, -0.1) is 21.5 Å². The van der Waals surface area contributed by atoms with Gasteiger partial charge in [0.05, 0.1) is 16.5 Å². The third-order valence-corrected chi connectivity index (χ3v) is 7.62. The molecule has 0 fully saturated rings. The molecular formula is C21H22Cl2N4OS2. The second kappa shape index (κ2) is 9.73. The van der Waals surface area contributed by atoms with E-state index in [4.69, 9.17) is 23.2 Å². The molecule has 0 atom stereocenters. The molecule has 0 radical (unpaired) electrons. The van der Waals surface area contributed by atoms with Crippen molar-refractivity contribution >= 4 is 57.9 Å². The van der Waals surface area contributed by atoms with E-state index in [0.717, 1.165) is 36.8 Å². The summed E-state index contributed by atoms with van der Waals surface area (Å²) in [6.45, 7) is 2.95. The first kappa shape index (κ1) is 21.7. The molecule has 0 bridgehead atoms. The fourth-order valence-electron chi connectivity index (χ4n) is 3.61. The smallest absolute Gasteiger partial charge is 0.234 e. The van der Waals surface area contributed by atoms with Crippen LogP contribution < -0.4 is 5.32 Å². The number of anilines is 1. The largest absolute Gasteiger partial charge is 0.324 e. The van der Waals surface area contributed by atoms with Gasteiger partial charge in [0.1, 0.15) is 0 Å². The lowest BCUT2D eigenvalue weighted by molar-refractivity contribution is -0.113. The van der Waals surface area contributed by atoms with Crippen LogP contribution in [0.4, 0.5) is 5.69 Å². The molecule has 0 spiro atoms. The Morgan fingerprint density at radius 2 is 2.10 bits per heavy atom. The quantitative estimate of drug-likeness (QED) is 0.401. The summed E-state index contributed by atoms with van der Waals surface area (Å²) in [5.41, 5.74) is 3.15. The summed E-state index contributed by atoms with van der Waals surface area (Å²) in [4.78, 5) is 13.9. The Kier molecular flexibility index (Phi) is 7.03. The predicted octanol–water partition coefficient (Wildman–Crippen LogP) is 6.33. The SMILES string of the molecule is CCCn1c(SCC(=O)Nc2cc(Cl)ccc2Cl)nnc1-c1csc2c1CCCC2. The number of thioether (sulfide) groups is 1. The highest BCUT2D eigenvalue weighted by atomic mass is 35.5. The van der Waals surface area contributed by atoms with E-state index >= 15 is 0 Å². The van der Waals surface area contributed by atoms with E-state index in [1.807, 2.05) is 11.3 Å². The van der Waals surface area contributed by atoms with Crippen LogP contribution in [0.1, 0.15) is 36.6 Å². The van der Waals surface area contributed by atoms with Crippen molar-refractivity contribution in [2.75, 3.05) is 11.1 Å². The molecule has 158 valence electrons. The van der Waals surface area contributed by atoms with Crippen LogP contribution in [0.3, 0.4) is 0 Å². The summed E-state index contributed by atoms with van der Waals surface area (Å²) < 4.78 is 2.14. The van der Waals surface area contributed by atoms with Crippen molar-refractivity contribution < 1.29 is 4.79 Å². The zero-order valence-corrected chi connectivity index (χ0v) is 19.7. The fraction of sp³-hybridized carbons (Fsp3) is 0.381. The highest BCUT2D eigenvalue weighted by Gasteiger charge is 2.22. The topological polar surface area (TPSA) is 59.8 Å². The van der Waals surface area contributed by atoms with Crippen molar-refractivity contribution in [1.29, 1.82) is 0 Å². The molecule has 0 saturated heterocycles. The average molecular weight is 481 g/mol. The maximum Gasteiger partial charge on any atom is 0.234 e. The molecule has 3 aromatic rings. The van der Waals surface area contributed by atoms with Gasteiger partial charge in [-0.3, -0.25) is 4.79 Å². The zero-order valence-electron chi connectivity index (χ0n) is 16.6. The Morgan fingerprint density at radius 1 is 1.27 bits per heavy atom. The number of carbonyl (C=O) groups is 1. The van der Waals surface area contributed by atoms with Crippen LogP contribution in [0.5, 0.6) is 0 Å². The number of rotatable bonds is 7. The first-order valence-corrected chi connectivity index (χ1v) is 12.6. The molecule has 0 saturated carbocycles. The maximum atomic E-state index is 12.5. The molecule has 1 aliphatic rings. The zero-order chi connectivity index (χ0) is 21.1. The third-order valence-electron chi connectivity index (χ3n) is 5.00. The Bertz CT molecular complexity index is 1060.